The topological polar surface area (TPSA) is 41.5 Å². The summed E-state index contributed by atoms with van der Waals surface area (Å²) in [5, 5.41) is 12.1. The molecule has 0 saturated carbocycles. The van der Waals surface area contributed by atoms with Crippen molar-refractivity contribution >= 4 is 12.4 Å². The third kappa shape index (κ3) is 6.61. The van der Waals surface area contributed by atoms with Gasteiger partial charge in [0.05, 0.1) is 0 Å². The summed E-state index contributed by atoms with van der Waals surface area (Å²) in [6.45, 7) is 1.15. The molecule has 2 N–H and O–H groups in total. The van der Waals surface area contributed by atoms with Gasteiger partial charge in [-0.1, -0.05) is 42.5 Å². The molecule has 0 aliphatic rings. The first-order chi connectivity index (χ1) is 10.8. The van der Waals surface area contributed by atoms with Gasteiger partial charge in [-0.25, -0.2) is 0 Å². The van der Waals surface area contributed by atoms with Gasteiger partial charge in [-0.2, -0.15) is 0 Å². The highest BCUT2D eigenvalue weighted by molar-refractivity contribution is 5.85. The van der Waals surface area contributed by atoms with E-state index in [2.05, 4.69) is 29.6 Å². The van der Waals surface area contributed by atoms with Crippen LogP contribution in [-0.2, 0) is 6.42 Å². The van der Waals surface area contributed by atoms with Gasteiger partial charge in [-0.05, 0) is 49.7 Å². The number of benzene rings is 2. The lowest BCUT2D eigenvalue weighted by atomic mass is 10.1. The highest BCUT2D eigenvalue weighted by atomic mass is 35.5. The number of aryl methyl sites for hydroxylation is 1. The maximum atomic E-state index is 8.88. The van der Waals surface area contributed by atoms with Crippen molar-refractivity contribution in [1.82, 2.24) is 5.32 Å². The normalized spacial score (nSPS) is 11.6. The fourth-order valence-corrected chi connectivity index (χ4v) is 2.42. The molecule has 0 amide bonds. The SMILES string of the molecule is CNCCC(Oc1ccc(CCCO)cc1)c1ccccc1.Cl. The molecule has 23 heavy (non-hydrogen) atoms. The summed E-state index contributed by atoms with van der Waals surface area (Å²) in [7, 11) is 1.96. The Bertz CT molecular complexity index is 531. The molecule has 0 aliphatic carbocycles. The van der Waals surface area contributed by atoms with Gasteiger partial charge >= 0.3 is 0 Å². The summed E-state index contributed by atoms with van der Waals surface area (Å²) in [5.41, 5.74) is 2.43. The summed E-state index contributed by atoms with van der Waals surface area (Å²) < 4.78 is 6.17. The van der Waals surface area contributed by atoms with Gasteiger partial charge < -0.3 is 15.2 Å². The fourth-order valence-electron chi connectivity index (χ4n) is 2.42. The highest BCUT2D eigenvalue weighted by Crippen LogP contribution is 2.25. The minimum absolute atomic E-state index is 0. The van der Waals surface area contributed by atoms with E-state index in [1.54, 1.807) is 0 Å². The predicted molar refractivity (Wildman–Crippen MR) is 97.5 cm³/mol. The van der Waals surface area contributed by atoms with Crippen molar-refractivity contribution in [3.63, 3.8) is 0 Å². The van der Waals surface area contributed by atoms with Gasteiger partial charge in [0, 0.05) is 13.0 Å². The van der Waals surface area contributed by atoms with E-state index in [0.29, 0.717) is 0 Å². The molecule has 0 spiro atoms. The van der Waals surface area contributed by atoms with Crippen molar-refractivity contribution in [2.75, 3.05) is 20.2 Å². The van der Waals surface area contributed by atoms with Crippen LogP contribution < -0.4 is 10.1 Å². The van der Waals surface area contributed by atoms with Crippen LogP contribution >= 0.6 is 12.4 Å². The molecule has 0 heterocycles. The van der Waals surface area contributed by atoms with Crippen LogP contribution in [0.1, 0.15) is 30.1 Å². The average molecular weight is 336 g/mol. The van der Waals surface area contributed by atoms with Crippen LogP contribution in [-0.4, -0.2) is 25.3 Å². The second kappa shape index (κ2) is 11.1. The van der Waals surface area contributed by atoms with E-state index in [1.807, 2.05) is 37.4 Å². The van der Waals surface area contributed by atoms with Gasteiger partial charge in [0.2, 0.25) is 0 Å². The van der Waals surface area contributed by atoms with Crippen LogP contribution in [0.5, 0.6) is 5.75 Å². The molecule has 0 aromatic heterocycles. The average Bonchev–Trinajstić information content (AvgIpc) is 2.58. The molecule has 0 radical (unpaired) electrons. The maximum absolute atomic E-state index is 8.88. The molecule has 0 bridgehead atoms. The van der Waals surface area contributed by atoms with E-state index in [1.165, 1.54) is 11.1 Å². The van der Waals surface area contributed by atoms with Crippen molar-refractivity contribution in [3.8, 4) is 5.75 Å². The summed E-state index contributed by atoms with van der Waals surface area (Å²) in [4.78, 5) is 0. The second-order valence-corrected chi connectivity index (χ2v) is 5.38. The highest BCUT2D eigenvalue weighted by Gasteiger charge is 2.12. The smallest absolute Gasteiger partial charge is 0.125 e. The summed E-state index contributed by atoms with van der Waals surface area (Å²) in [5.74, 6) is 0.887. The number of aliphatic hydroxyl groups is 1. The second-order valence-electron chi connectivity index (χ2n) is 5.38. The molecule has 3 nitrogen and oxygen atoms in total. The van der Waals surface area contributed by atoms with Crippen LogP contribution in [0.2, 0.25) is 0 Å². The lowest BCUT2D eigenvalue weighted by molar-refractivity contribution is 0.195. The number of aliphatic hydroxyl groups excluding tert-OH is 1. The zero-order chi connectivity index (χ0) is 15.6. The number of ether oxygens (including phenoxy) is 1. The minimum atomic E-state index is 0. The number of hydrogen-bond acceptors (Lipinski definition) is 3. The van der Waals surface area contributed by atoms with E-state index in [9.17, 15) is 0 Å². The molecular formula is C19H26ClNO2. The Balaban J connectivity index is 0.00000264. The van der Waals surface area contributed by atoms with Crippen LogP contribution in [0.3, 0.4) is 0 Å². The van der Waals surface area contributed by atoms with Gasteiger partial charge in [0.25, 0.3) is 0 Å². The largest absolute Gasteiger partial charge is 0.486 e. The number of hydrogen-bond donors (Lipinski definition) is 2. The molecule has 2 aromatic rings. The van der Waals surface area contributed by atoms with Crippen molar-refractivity contribution < 1.29 is 9.84 Å². The third-order valence-corrected chi connectivity index (χ3v) is 3.65. The molecule has 0 fully saturated rings. The molecule has 2 rings (SSSR count). The van der Waals surface area contributed by atoms with Gasteiger partial charge in [-0.15, -0.1) is 12.4 Å². The zero-order valence-corrected chi connectivity index (χ0v) is 14.4. The van der Waals surface area contributed by atoms with Crippen LogP contribution in [0, 0.1) is 0 Å². The molecule has 0 aliphatic heterocycles. The first-order valence-electron chi connectivity index (χ1n) is 7.89. The van der Waals surface area contributed by atoms with Crippen LogP contribution in [0.25, 0.3) is 0 Å². The standard InChI is InChI=1S/C19H25NO2.ClH/c1-20-14-13-19(17-7-3-2-4-8-17)22-18-11-9-16(10-12-18)6-5-15-21;/h2-4,7-12,19-21H,5-6,13-15H2,1H3;1H. The van der Waals surface area contributed by atoms with Crippen molar-refractivity contribution in [2.24, 2.45) is 0 Å². The van der Waals surface area contributed by atoms with Crippen LogP contribution in [0.15, 0.2) is 54.6 Å². The minimum Gasteiger partial charge on any atom is -0.486 e. The Morgan fingerprint density at radius 2 is 1.74 bits per heavy atom. The molecule has 0 saturated heterocycles. The molecule has 1 unspecified atom stereocenters. The molecule has 4 heteroatoms. The monoisotopic (exact) mass is 335 g/mol. The lowest BCUT2D eigenvalue weighted by Gasteiger charge is -2.20. The third-order valence-electron chi connectivity index (χ3n) is 3.65. The number of rotatable bonds is 9. The van der Waals surface area contributed by atoms with E-state index in [-0.39, 0.29) is 25.1 Å². The molecule has 1 atom stereocenters. The van der Waals surface area contributed by atoms with Crippen molar-refractivity contribution in [2.45, 2.75) is 25.4 Å². The first-order valence-corrected chi connectivity index (χ1v) is 7.89. The Morgan fingerprint density at radius 1 is 1.04 bits per heavy atom. The van der Waals surface area contributed by atoms with Gasteiger partial charge in [-0.3, -0.25) is 0 Å². The Morgan fingerprint density at radius 3 is 2.35 bits per heavy atom. The molecule has 2 aromatic carbocycles. The quantitative estimate of drug-likeness (QED) is 0.733. The lowest BCUT2D eigenvalue weighted by Crippen LogP contribution is -2.16. The predicted octanol–water partition coefficient (Wildman–Crippen LogP) is 3.76. The molecular weight excluding hydrogens is 310 g/mol. The Hall–Kier alpha value is -1.55. The number of halogens is 1. The number of nitrogens with one attached hydrogen (secondary N) is 1. The van der Waals surface area contributed by atoms with E-state index < -0.39 is 0 Å². The summed E-state index contributed by atoms with van der Waals surface area (Å²) >= 11 is 0. The van der Waals surface area contributed by atoms with E-state index >= 15 is 0 Å². The van der Waals surface area contributed by atoms with Crippen LogP contribution in [0.4, 0.5) is 0 Å². The maximum Gasteiger partial charge on any atom is 0.125 e. The zero-order valence-electron chi connectivity index (χ0n) is 13.6. The van der Waals surface area contributed by atoms with E-state index in [0.717, 1.165) is 31.6 Å². The van der Waals surface area contributed by atoms with Gasteiger partial charge in [0.1, 0.15) is 11.9 Å². The summed E-state index contributed by atoms with van der Waals surface area (Å²) in [6, 6.07) is 18.5. The first kappa shape index (κ1) is 19.5. The van der Waals surface area contributed by atoms with Crippen molar-refractivity contribution in [3.05, 3.63) is 65.7 Å². The Kier molecular flexibility index (Phi) is 9.37. The van der Waals surface area contributed by atoms with Gasteiger partial charge in [0.15, 0.2) is 0 Å². The van der Waals surface area contributed by atoms with E-state index in [4.69, 9.17) is 9.84 Å². The summed E-state index contributed by atoms with van der Waals surface area (Å²) in [6.07, 6.45) is 2.68. The van der Waals surface area contributed by atoms with Crippen molar-refractivity contribution in [1.29, 1.82) is 0 Å². The Labute approximate surface area is 145 Å². The fraction of sp³-hybridized carbons (Fsp3) is 0.368. The molecule has 126 valence electrons.